The van der Waals surface area contributed by atoms with Crippen molar-refractivity contribution in [2.75, 3.05) is 13.6 Å². The van der Waals surface area contributed by atoms with Crippen LogP contribution in [-0.2, 0) is 30.4 Å². The van der Waals surface area contributed by atoms with E-state index >= 15 is 0 Å². The van der Waals surface area contributed by atoms with E-state index in [4.69, 9.17) is 11.6 Å². The van der Waals surface area contributed by atoms with Gasteiger partial charge in [0.15, 0.2) is 5.78 Å². The largest absolute Gasteiger partial charge is 0.507 e. The molecule has 1 aliphatic rings. The maximum atomic E-state index is 14.3. The monoisotopic (exact) mass is 795 g/mol. The number of phenolic OH excluding ortho intramolecular Hbond substituents is 2. The van der Waals surface area contributed by atoms with Crippen molar-refractivity contribution in [2.45, 2.75) is 70.6 Å². The quantitative estimate of drug-likeness (QED) is 0.124. The van der Waals surface area contributed by atoms with E-state index in [1.807, 2.05) is 19.1 Å². The number of Topliss-reactive ketones (excluding diaryl/α,β-unsaturated/α-hetero) is 1. The van der Waals surface area contributed by atoms with Crippen molar-refractivity contribution >= 4 is 46.9 Å². The number of hydrogen-bond donors (Lipinski definition) is 6. The van der Waals surface area contributed by atoms with Crippen LogP contribution in [0.4, 0.5) is 0 Å². The Kier molecular flexibility index (Phi) is 13.7. The highest BCUT2D eigenvalue weighted by Crippen LogP contribution is 2.39. The molecule has 0 spiro atoms. The molecule has 0 radical (unpaired) electrons. The molecule has 13 nitrogen and oxygen atoms in total. The molecule has 298 valence electrons. The first-order chi connectivity index (χ1) is 27.2. The van der Waals surface area contributed by atoms with Gasteiger partial charge in [0.2, 0.25) is 23.6 Å². The number of fused-ring (bicyclic) bond motifs is 5. The molecule has 0 saturated carbocycles. The molecule has 4 aromatic carbocycles. The van der Waals surface area contributed by atoms with Gasteiger partial charge < -0.3 is 36.4 Å². The van der Waals surface area contributed by atoms with E-state index in [9.17, 15) is 39.0 Å². The minimum atomic E-state index is -1.39. The summed E-state index contributed by atoms with van der Waals surface area (Å²) in [5, 5.41) is 33.3. The fraction of sp³-hybridized carbons (Fsp3) is 0.302. The summed E-state index contributed by atoms with van der Waals surface area (Å²) >= 11 is 6.02. The highest BCUT2D eigenvalue weighted by Gasteiger charge is 2.36. The zero-order valence-corrected chi connectivity index (χ0v) is 32.9. The van der Waals surface area contributed by atoms with Crippen LogP contribution in [0, 0.1) is 0 Å². The normalized spacial score (nSPS) is 17.2. The van der Waals surface area contributed by atoms with E-state index in [0.29, 0.717) is 22.6 Å². The average molecular weight is 796 g/mol. The number of benzene rings is 4. The Labute approximate surface area is 335 Å². The van der Waals surface area contributed by atoms with Gasteiger partial charge in [0, 0.05) is 41.6 Å². The first-order valence-electron chi connectivity index (χ1n) is 18.7. The van der Waals surface area contributed by atoms with E-state index in [2.05, 4.69) is 21.3 Å². The van der Waals surface area contributed by atoms with E-state index in [-0.39, 0.29) is 59.8 Å². The van der Waals surface area contributed by atoms with Crippen LogP contribution in [0.25, 0.3) is 22.3 Å². The number of carbonyl (C=O) groups is 6. The summed E-state index contributed by atoms with van der Waals surface area (Å²) in [4.78, 5) is 82.0. The summed E-state index contributed by atoms with van der Waals surface area (Å²) in [5.41, 5.74) is 3.13. The maximum Gasteiger partial charge on any atom is 0.251 e. The predicted molar refractivity (Wildman–Crippen MR) is 215 cm³/mol. The fourth-order valence-electron chi connectivity index (χ4n) is 6.57. The molecule has 5 rings (SSSR count). The number of phenols is 2. The van der Waals surface area contributed by atoms with Crippen LogP contribution in [-0.4, -0.2) is 82.2 Å². The molecule has 4 atom stereocenters. The van der Waals surface area contributed by atoms with E-state index < -0.39 is 53.7 Å². The molecule has 4 bridgehead atoms. The lowest BCUT2D eigenvalue weighted by Gasteiger charge is -2.32. The highest BCUT2D eigenvalue weighted by atomic mass is 35.5. The zero-order valence-electron chi connectivity index (χ0n) is 32.1. The van der Waals surface area contributed by atoms with Crippen molar-refractivity contribution in [1.29, 1.82) is 0 Å². The topological polar surface area (TPSA) is 194 Å². The lowest BCUT2D eigenvalue weighted by Crippen LogP contribution is -2.56. The van der Waals surface area contributed by atoms with Crippen molar-refractivity contribution in [1.82, 2.24) is 26.2 Å². The summed E-state index contributed by atoms with van der Waals surface area (Å²) in [6.45, 7) is 4.69. The van der Waals surface area contributed by atoms with Crippen LogP contribution in [0.15, 0.2) is 84.9 Å². The number of halogens is 1. The molecule has 0 aromatic heterocycles. The van der Waals surface area contributed by atoms with Crippen molar-refractivity contribution in [2.24, 2.45) is 0 Å². The van der Waals surface area contributed by atoms with Crippen LogP contribution in [0.3, 0.4) is 0 Å². The Balaban J connectivity index is 1.47. The van der Waals surface area contributed by atoms with Gasteiger partial charge in [-0.15, -0.1) is 0 Å². The Morgan fingerprint density at radius 3 is 2.09 bits per heavy atom. The minimum absolute atomic E-state index is 0.0524. The molecule has 0 aliphatic carbocycles. The standard InChI is InChI=1S/C43H46ClN5O8/c1-5-7-34(47-40(54)28-11-9-26(10-12-28)27-13-16-30(44)17-14-27)43(57)49(4)38-29-15-19-37(52)33(22-29)32-20-25(8-18-36(32)51)21-35(41(55)45-23-31(50)6-2)48-39(53)24(3)46-42(38)56/h8-20,22,24,34-35,38,51-52H,5-7,21,23H2,1-4H3,(H,45,55)(H,46,56)(H,47,54)(H,48,53)/t24-,34-,35-,38?/m0/s1. The number of likely N-dealkylation sites (N-methyl/N-ethyl adjacent to an activating group) is 1. The third-order valence-corrected chi connectivity index (χ3v) is 10.1. The fourth-order valence-corrected chi connectivity index (χ4v) is 6.69. The number of ketones is 1. The smallest absolute Gasteiger partial charge is 0.251 e. The first-order valence-corrected chi connectivity index (χ1v) is 19.1. The predicted octanol–water partition coefficient (Wildman–Crippen LogP) is 4.82. The van der Waals surface area contributed by atoms with Crippen molar-refractivity contribution in [3.05, 3.63) is 107 Å². The summed E-state index contributed by atoms with van der Waals surface area (Å²) in [7, 11) is 1.40. The molecular weight excluding hydrogens is 750 g/mol. The average Bonchev–Trinajstić information content (AvgIpc) is 3.20. The molecule has 1 aliphatic heterocycles. The number of nitrogens with zero attached hydrogens (tertiary/aromatic N) is 1. The molecule has 1 unspecified atom stereocenters. The van der Waals surface area contributed by atoms with Crippen LogP contribution < -0.4 is 21.3 Å². The third-order valence-electron chi connectivity index (χ3n) is 9.86. The summed E-state index contributed by atoms with van der Waals surface area (Å²) in [5.74, 6) is -3.89. The molecule has 0 fully saturated rings. The second-order valence-electron chi connectivity index (χ2n) is 14.0. The number of hydrogen-bond acceptors (Lipinski definition) is 8. The molecule has 14 heteroatoms. The SMILES string of the molecule is CCC[C@H](NC(=O)c1ccc(-c2ccc(Cl)cc2)cc1)C(=O)N(C)C1C(=O)N[C@@H](C)C(=O)N[C@H](C(=O)NCC(=O)CC)Cc2ccc(O)c(c2)-c2cc1ccc2O. The molecular formula is C43H46ClN5O8. The van der Waals surface area contributed by atoms with Gasteiger partial charge in [0.05, 0.1) is 6.54 Å². The van der Waals surface area contributed by atoms with Gasteiger partial charge in [-0.05, 0) is 84.1 Å². The molecule has 6 N–H and O–H groups in total. The Morgan fingerprint density at radius 1 is 0.842 bits per heavy atom. The maximum absolute atomic E-state index is 14.3. The van der Waals surface area contributed by atoms with E-state index in [1.165, 1.54) is 43.1 Å². The summed E-state index contributed by atoms with van der Waals surface area (Å²) in [6, 6.07) is 18.0. The second kappa shape index (κ2) is 18.6. The van der Waals surface area contributed by atoms with Crippen LogP contribution >= 0.6 is 11.6 Å². The lowest BCUT2D eigenvalue weighted by molar-refractivity contribution is -0.141. The highest BCUT2D eigenvalue weighted by molar-refractivity contribution is 6.30. The molecule has 0 saturated heterocycles. The second-order valence-corrected chi connectivity index (χ2v) is 14.4. The Bertz CT molecular complexity index is 2160. The number of nitrogens with one attached hydrogen (secondary N) is 4. The third kappa shape index (κ3) is 10.2. The lowest BCUT2D eigenvalue weighted by atomic mass is 9.93. The van der Waals surface area contributed by atoms with Crippen LogP contribution in [0.2, 0.25) is 5.02 Å². The van der Waals surface area contributed by atoms with Crippen LogP contribution in [0.5, 0.6) is 11.5 Å². The van der Waals surface area contributed by atoms with Crippen LogP contribution in [0.1, 0.15) is 67.6 Å². The minimum Gasteiger partial charge on any atom is -0.507 e. The van der Waals surface area contributed by atoms with Crippen molar-refractivity contribution in [3.8, 4) is 33.8 Å². The molecule has 1 heterocycles. The number of amides is 5. The van der Waals surface area contributed by atoms with Crippen molar-refractivity contribution in [3.63, 3.8) is 0 Å². The molecule has 5 amide bonds. The van der Waals surface area contributed by atoms with E-state index in [1.54, 1.807) is 55.5 Å². The van der Waals surface area contributed by atoms with Gasteiger partial charge in [0.25, 0.3) is 5.91 Å². The van der Waals surface area contributed by atoms with Gasteiger partial charge in [0.1, 0.15) is 35.7 Å². The number of aromatic hydroxyl groups is 2. The van der Waals surface area contributed by atoms with Gasteiger partial charge in [-0.1, -0.05) is 68.3 Å². The Morgan fingerprint density at radius 2 is 1.46 bits per heavy atom. The number of rotatable bonds is 11. The van der Waals surface area contributed by atoms with Gasteiger partial charge in [-0.3, -0.25) is 28.8 Å². The zero-order chi connectivity index (χ0) is 41.4. The number of carbonyl (C=O) groups excluding carboxylic acids is 6. The molecule has 4 aromatic rings. The van der Waals surface area contributed by atoms with Gasteiger partial charge in [-0.2, -0.15) is 0 Å². The Hall–Kier alpha value is -6.21. The summed E-state index contributed by atoms with van der Waals surface area (Å²) in [6.07, 6.45) is 0.894. The summed E-state index contributed by atoms with van der Waals surface area (Å²) < 4.78 is 0. The molecule has 57 heavy (non-hydrogen) atoms. The first kappa shape index (κ1) is 41.9. The van der Waals surface area contributed by atoms with E-state index in [0.717, 1.165) is 11.1 Å². The van der Waals surface area contributed by atoms with Gasteiger partial charge >= 0.3 is 0 Å². The van der Waals surface area contributed by atoms with Crippen molar-refractivity contribution < 1.29 is 39.0 Å². The van der Waals surface area contributed by atoms with Gasteiger partial charge in [-0.25, -0.2) is 0 Å².